The van der Waals surface area contributed by atoms with Gasteiger partial charge in [0.15, 0.2) is 5.82 Å². The molecule has 0 fully saturated rings. The van der Waals surface area contributed by atoms with Gasteiger partial charge in [0.05, 0.1) is 20.9 Å². The number of aliphatic imine (C=N–C) groups is 1. The van der Waals surface area contributed by atoms with E-state index in [0.717, 1.165) is 22.2 Å². The Kier molecular flexibility index (Phi) is 5.06. The number of non-ortho nitro benzene ring substituents is 1. The van der Waals surface area contributed by atoms with E-state index in [4.69, 9.17) is 0 Å². The van der Waals surface area contributed by atoms with Crippen molar-refractivity contribution in [1.29, 1.82) is 0 Å². The molecule has 3 rings (SSSR count). The molecule has 3 aromatic rings. The number of hydrogen-bond donors (Lipinski definition) is 1. The molecule has 1 N–H and O–H groups in total. The fourth-order valence-corrected chi connectivity index (χ4v) is 3.97. The van der Waals surface area contributed by atoms with E-state index in [1.54, 1.807) is 29.4 Å². The number of nitro benzene ring substituents is 1. The fraction of sp³-hybridized carbons (Fsp3) is 0.125. The highest BCUT2D eigenvalue weighted by Gasteiger charge is 2.17. The van der Waals surface area contributed by atoms with Crippen LogP contribution < -0.4 is 4.72 Å². The molecule has 140 valence electrons. The highest BCUT2D eigenvalue weighted by atomic mass is 32.2. The molecule has 0 amide bonds. The summed E-state index contributed by atoms with van der Waals surface area (Å²) in [6.07, 6.45) is 1.61. The molecule has 0 bridgehead atoms. The monoisotopic (exact) mass is 405 g/mol. The maximum absolute atomic E-state index is 12.5. The molecule has 27 heavy (non-hydrogen) atoms. The second-order valence-corrected chi connectivity index (χ2v) is 8.27. The lowest BCUT2D eigenvalue weighted by Gasteiger charge is -2.08. The van der Waals surface area contributed by atoms with Gasteiger partial charge in [-0.1, -0.05) is 0 Å². The number of nitro groups is 1. The van der Waals surface area contributed by atoms with E-state index in [1.807, 2.05) is 14.1 Å². The Labute approximate surface area is 159 Å². The summed E-state index contributed by atoms with van der Waals surface area (Å²) in [6, 6.07) is 9.72. The van der Waals surface area contributed by atoms with Gasteiger partial charge in [-0.25, -0.2) is 13.4 Å². The lowest BCUT2D eigenvalue weighted by atomic mass is 10.2. The highest BCUT2D eigenvalue weighted by molar-refractivity contribution is 7.92. The first kappa shape index (κ1) is 18.7. The van der Waals surface area contributed by atoms with Crippen molar-refractivity contribution in [1.82, 2.24) is 9.27 Å². The van der Waals surface area contributed by atoms with Crippen molar-refractivity contribution in [2.24, 2.45) is 4.99 Å². The summed E-state index contributed by atoms with van der Waals surface area (Å²) in [6.45, 7) is 0. The summed E-state index contributed by atoms with van der Waals surface area (Å²) in [7, 11) is -0.212. The zero-order valence-electron chi connectivity index (χ0n) is 14.4. The molecule has 0 saturated heterocycles. The third-order valence-corrected chi connectivity index (χ3v) is 5.69. The van der Waals surface area contributed by atoms with Gasteiger partial charge in [0.2, 0.25) is 0 Å². The maximum atomic E-state index is 12.5. The van der Waals surface area contributed by atoms with Crippen molar-refractivity contribution in [3.8, 4) is 0 Å². The van der Waals surface area contributed by atoms with E-state index in [2.05, 4.69) is 14.1 Å². The van der Waals surface area contributed by atoms with Crippen molar-refractivity contribution >= 4 is 55.2 Å². The van der Waals surface area contributed by atoms with E-state index in [9.17, 15) is 18.5 Å². The topological polar surface area (TPSA) is 118 Å². The van der Waals surface area contributed by atoms with Crippen molar-refractivity contribution < 1.29 is 13.3 Å². The third-order valence-electron chi connectivity index (χ3n) is 3.47. The number of nitrogens with one attached hydrogen (secondary N) is 1. The Bertz CT molecular complexity index is 1120. The number of nitrogens with zero attached hydrogens (tertiary/aromatic N) is 4. The molecule has 0 aliphatic heterocycles. The minimum absolute atomic E-state index is 0.0671. The number of hydrogen-bond acceptors (Lipinski definition) is 7. The lowest BCUT2D eigenvalue weighted by Crippen LogP contribution is -2.12. The summed E-state index contributed by atoms with van der Waals surface area (Å²) < 4.78 is 32.7. The molecule has 2 aromatic carbocycles. The molecule has 0 spiro atoms. The van der Waals surface area contributed by atoms with Crippen molar-refractivity contribution in [3.63, 3.8) is 0 Å². The molecule has 1 heterocycles. The van der Waals surface area contributed by atoms with Crippen LogP contribution in [0.3, 0.4) is 0 Å². The normalized spacial score (nSPS) is 11.8. The number of rotatable bonds is 6. The van der Waals surface area contributed by atoms with Gasteiger partial charge in [-0.3, -0.25) is 14.8 Å². The molecule has 0 saturated carbocycles. The van der Waals surface area contributed by atoms with Gasteiger partial charge in [0.25, 0.3) is 15.7 Å². The number of anilines is 1. The van der Waals surface area contributed by atoms with Crippen LogP contribution in [0.15, 0.2) is 52.4 Å². The minimum atomic E-state index is -3.88. The van der Waals surface area contributed by atoms with E-state index in [0.29, 0.717) is 11.5 Å². The second kappa shape index (κ2) is 7.29. The molecular formula is C16H15N5O4S2. The van der Waals surface area contributed by atoms with Gasteiger partial charge in [-0.2, -0.15) is 4.37 Å². The van der Waals surface area contributed by atoms with Gasteiger partial charge in [0, 0.05) is 37.3 Å². The molecule has 0 aliphatic carbocycles. The molecule has 0 unspecified atom stereocenters. The average Bonchev–Trinajstić information content (AvgIpc) is 3.02. The zero-order chi connectivity index (χ0) is 19.6. The highest BCUT2D eigenvalue weighted by Crippen LogP contribution is 2.31. The van der Waals surface area contributed by atoms with E-state index in [-0.39, 0.29) is 10.6 Å². The quantitative estimate of drug-likeness (QED) is 0.291. The number of aromatic nitrogens is 1. The van der Waals surface area contributed by atoms with E-state index < -0.39 is 14.9 Å². The van der Waals surface area contributed by atoms with Crippen molar-refractivity contribution in [2.45, 2.75) is 4.90 Å². The summed E-state index contributed by atoms with van der Waals surface area (Å²) >= 11 is 1.27. The number of benzene rings is 2. The zero-order valence-corrected chi connectivity index (χ0v) is 16.0. The standard InChI is InChI=1S/C16H15N5O4S2/c1-20(2)10-17-16-14-9-11(3-8-15(14)26-18-16)19-27(24,25)13-6-4-12(5-7-13)21(22)23/h3-10,19H,1-2H3. The summed E-state index contributed by atoms with van der Waals surface area (Å²) in [5.74, 6) is 0.500. The first-order chi connectivity index (χ1) is 12.8. The lowest BCUT2D eigenvalue weighted by molar-refractivity contribution is -0.384. The number of fused-ring (bicyclic) bond motifs is 1. The Hall–Kier alpha value is -3.05. The van der Waals surface area contributed by atoms with Gasteiger partial charge in [-0.15, -0.1) is 0 Å². The predicted molar refractivity (Wildman–Crippen MR) is 105 cm³/mol. The predicted octanol–water partition coefficient (Wildman–Crippen LogP) is 3.23. The summed E-state index contributed by atoms with van der Waals surface area (Å²) in [4.78, 5) is 16.1. The largest absolute Gasteiger partial charge is 0.369 e. The van der Waals surface area contributed by atoms with Gasteiger partial charge >= 0.3 is 0 Å². The maximum Gasteiger partial charge on any atom is 0.269 e. The first-order valence-electron chi connectivity index (χ1n) is 7.63. The Morgan fingerprint density at radius 2 is 1.93 bits per heavy atom. The smallest absolute Gasteiger partial charge is 0.269 e. The van der Waals surface area contributed by atoms with Crippen molar-refractivity contribution in [2.75, 3.05) is 18.8 Å². The molecule has 0 aliphatic rings. The minimum Gasteiger partial charge on any atom is -0.369 e. The molecule has 0 radical (unpaired) electrons. The second-order valence-electron chi connectivity index (χ2n) is 5.78. The van der Waals surface area contributed by atoms with Gasteiger partial charge in [0.1, 0.15) is 0 Å². The third kappa shape index (κ3) is 4.20. The molecule has 9 nitrogen and oxygen atoms in total. The van der Waals surface area contributed by atoms with Crippen LogP contribution in [0.2, 0.25) is 0 Å². The SMILES string of the molecule is CN(C)C=Nc1nsc2ccc(NS(=O)(=O)c3ccc([N+](=O)[O-])cc3)cc12. The van der Waals surface area contributed by atoms with Crippen LogP contribution in [0, 0.1) is 10.1 Å². The molecular weight excluding hydrogens is 390 g/mol. The molecule has 11 heteroatoms. The Morgan fingerprint density at radius 1 is 1.22 bits per heavy atom. The van der Waals surface area contributed by atoms with Crippen LogP contribution in [0.5, 0.6) is 0 Å². The van der Waals surface area contributed by atoms with Crippen LogP contribution in [0.1, 0.15) is 0 Å². The number of sulfonamides is 1. The van der Waals surface area contributed by atoms with Crippen LogP contribution >= 0.6 is 11.5 Å². The molecule has 1 aromatic heterocycles. The summed E-state index contributed by atoms with van der Waals surface area (Å²) in [5, 5.41) is 11.4. The van der Waals surface area contributed by atoms with Crippen LogP contribution in [0.25, 0.3) is 10.1 Å². The van der Waals surface area contributed by atoms with Gasteiger partial charge < -0.3 is 4.90 Å². The molecule has 0 atom stereocenters. The van der Waals surface area contributed by atoms with E-state index >= 15 is 0 Å². The van der Waals surface area contributed by atoms with Crippen molar-refractivity contribution in [3.05, 3.63) is 52.6 Å². The van der Waals surface area contributed by atoms with Crippen LogP contribution in [0.4, 0.5) is 17.2 Å². The first-order valence-corrected chi connectivity index (χ1v) is 9.89. The average molecular weight is 405 g/mol. The van der Waals surface area contributed by atoms with Crippen LogP contribution in [-0.4, -0.2) is 43.0 Å². The Morgan fingerprint density at radius 3 is 2.56 bits per heavy atom. The van der Waals surface area contributed by atoms with Gasteiger partial charge in [-0.05, 0) is 41.9 Å². The summed E-state index contributed by atoms with van der Waals surface area (Å²) in [5.41, 5.74) is 0.172. The Balaban J connectivity index is 1.90. The fourth-order valence-electron chi connectivity index (χ4n) is 2.21. The van der Waals surface area contributed by atoms with E-state index in [1.165, 1.54) is 23.7 Å². The van der Waals surface area contributed by atoms with Crippen LogP contribution in [-0.2, 0) is 10.0 Å².